The van der Waals surface area contributed by atoms with E-state index >= 15 is 0 Å². The number of rotatable bonds is 16. The predicted octanol–water partition coefficient (Wildman–Crippen LogP) is 5.11. The van der Waals surface area contributed by atoms with Gasteiger partial charge in [0.05, 0.1) is 23.1 Å². The maximum absolute atomic E-state index is 13.6. The first-order chi connectivity index (χ1) is 21.7. The molecule has 244 valence electrons. The molecule has 0 aliphatic carbocycles. The van der Waals surface area contributed by atoms with Crippen molar-refractivity contribution in [3.05, 3.63) is 76.8 Å². The number of unbranched alkanes of at least 4 members (excludes halogenated alkanes) is 2. The second-order valence-corrected chi connectivity index (χ2v) is 13.7. The van der Waals surface area contributed by atoms with Crippen LogP contribution in [0.15, 0.2) is 70.8 Å². The Balaban J connectivity index is 1.37. The Kier molecular flexibility index (Phi) is 11.2. The van der Waals surface area contributed by atoms with Crippen LogP contribution in [0.5, 0.6) is 0 Å². The zero-order chi connectivity index (χ0) is 31.9. The summed E-state index contributed by atoms with van der Waals surface area (Å²) in [5.41, 5.74) is 10.1. The molecule has 0 amide bonds. The number of hydrogen-bond donors (Lipinski definition) is 0. The van der Waals surface area contributed by atoms with E-state index in [-0.39, 0.29) is 36.0 Å². The molecule has 45 heavy (non-hydrogen) atoms. The highest BCUT2D eigenvalue weighted by Gasteiger charge is 2.53. The number of piperidine rings is 1. The van der Waals surface area contributed by atoms with Crippen molar-refractivity contribution >= 4 is 20.9 Å². The van der Waals surface area contributed by atoms with Gasteiger partial charge in [0.2, 0.25) is 0 Å². The highest BCUT2D eigenvalue weighted by Crippen LogP contribution is 2.37. The van der Waals surface area contributed by atoms with Gasteiger partial charge in [0.1, 0.15) is 25.1 Å². The van der Waals surface area contributed by atoms with E-state index < -0.39 is 15.8 Å². The SMILES string of the molecule is COCO[C@H]1[C@@H]2OC(C)(C)O[C@@H]2CN(CCc2cn(S(=O)(=O)c3ccccc3)c3ccccc23)[C@@H]1COCCCCCN=[N+]=[N-]. The van der Waals surface area contributed by atoms with E-state index in [0.29, 0.717) is 44.8 Å². The second-order valence-electron chi connectivity index (χ2n) is 11.9. The summed E-state index contributed by atoms with van der Waals surface area (Å²) in [4.78, 5) is 5.36. The minimum Gasteiger partial charge on any atom is -0.380 e. The first kappa shape index (κ1) is 33.4. The molecule has 1 aromatic heterocycles. The zero-order valence-corrected chi connectivity index (χ0v) is 27.0. The number of likely N-dealkylation sites (tertiary alicyclic amines) is 1. The van der Waals surface area contributed by atoms with E-state index in [1.54, 1.807) is 43.6 Å². The predicted molar refractivity (Wildman–Crippen MR) is 169 cm³/mol. The van der Waals surface area contributed by atoms with E-state index in [2.05, 4.69) is 14.9 Å². The highest BCUT2D eigenvalue weighted by atomic mass is 32.2. The molecule has 2 aromatic carbocycles. The van der Waals surface area contributed by atoms with Crippen LogP contribution in [0.4, 0.5) is 0 Å². The number of nitrogens with zero attached hydrogens (tertiary/aromatic N) is 5. The van der Waals surface area contributed by atoms with E-state index in [1.807, 2.05) is 38.1 Å². The zero-order valence-electron chi connectivity index (χ0n) is 26.2. The fourth-order valence-electron chi connectivity index (χ4n) is 6.28. The molecule has 2 aliphatic heterocycles. The lowest BCUT2D eigenvalue weighted by Gasteiger charge is -2.45. The molecule has 0 unspecified atom stereocenters. The molecule has 0 N–H and O–H groups in total. The summed E-state index contributed by atoms with van der Waals surface area (Å²) in [6.45, 7) is 6.63. The van der Waals surface area contributed by atoms with Crippen molar-refractivity contribution in [2.75, 3.05) is 46.8 Å². The third kappa shape index (κ3) is 7.87. The monoisotopic (exact) mass is 641 g/mol. The molecule has 4 atom stereocenters. The smallest absolute Gasteiger partial charge is 0.268 e. The van der Waals surface area contributed by atoms with Crippen LogP contribution in [0, 0.1) is 0 Å². The number of benzene rings is 2. The number of methoxy groups -OCH3 is 1. The average molecular weight is 642 g/mol. The number of aromatic nitrogens is 1. The molecule has 0 saturated carbocycles. The Morgan fingerprint density at radius 3 is 2.62 bits per heavy atom. The Hall–Kier alpha value is -3.00. The maximum atomic E-state index is 13.6. The maximum Gasteiger partial charge on any atom is 0.268 e. The van der Waals surface area contributed by atoms with E-state index in [1.165, 1.54) is 3.97 Å². The van der Waals surface area contributed by atoms with E-state index in [0.717, 1.165) is 30.2 Å². The minimum absolute atomic E-state index is 0.103. The summed E-state index contributed by atoms with van der Waals surface area (Å²) in [5, 5.41) is 4.49. The molecule has 0 radical (unpaired) electrons. The van der Waals surface area contributed by atoms with Gasteiger partial charge in [-0.15, -0.1) is 0 Å². The summed E-state index contributed by atoms with van der Waals surface area (Å²) in [6.07, 6.45) is 4.06. The van der Waals surface area contributed by atoms with Crippen LogP contribution in [0.25, 0.3) is 21.3 Å². The van der Waals surface area contributed by atoms with Crippen LogP contribution in [0.1, 0.15) is 38.7 Å². The first-order valence-electron chi connectivity index (χ1n) is 15.4. The summed E-state index contributed by atoms with van der Waals surface area (Å²) in [5.74, 6) is -0.753. The van der Waals surface area contributed by atoms with Crippen LogP contribution in [0.3, 0.4) is 0 Å². The van der Waals surface area contributed by atoms with E-state index in [9.17, 15) is 8.42 Å². The van der Waals surface area contributed by atoms with Gasteiger partial charge in [-0.05, 0) is 62.4 Å². The fourth-order valence-corrected chi connectivity index (χ4v) is 7.70. The van der Waals surface area contributed by atoms with Gasteiger partial charge in [-0.3, -0.25) is 4.90 Å². The molecule has 0 spiro atoms. The molecule has 2 aliphatic rings. The van der Waals surface area contributed by atoms with Crippen LogP contribution < -0.4 is 0 Å². The lowest BCUT2D eigenvalue weighted by Crippen LogP contribution is -2.63. The van der Waals surface area contributed by atoms with Crippen molar-refractivity contribution in [1.82, 2.24) is 8.87 Å². The van der Waals surface area contributed by atoms with E-state index in [4.69, 9.17) is 29.2 Å². The van der Waals surface area contributed by atoms with Gasteiger partial charge in [-0.25, -0.2) is 12.4 Å². The van der Waals surface area contributed by atoms with Crippen LogP contribution in [-0.4, -0.2) is 94.2 Å². The van der Waals surface area contributed by atoms with Gasteiger partial charge in [0.25, 0.3) is 10.0 Å². The molecule has 2 saturated heterocycles. The molecule has 13 heteroatoms. The summed E-state index contributed by atoms with van der Waals surface area (Å²) >= 11 is 0. The molecule has 12 nitrogen and oxygen atoms in total. The Bertz CT molecular complexity index is 1560. The Labute approximate surface area is 264 Å². The molecule has 2 fully saturated rings. The topological polar surface area (TPSA) is 137 Å². The van der Waals surface area contributed by atoms with Crippen LogP contribution in [0.2, 0.25) is 0 Å². The third-order valence-electron chi connectivity index (χ3n) is 8.31. The van der Waals surface area contributed by atoms with Crippen molar-refractivity contribution in [3.8, 4) is 0 Å². The molecule has 3 heterocycles. The molecular weight excluding hydrogens is 598 g/mol. The van der Waals surface area contributed by atoms with Crippen molar-refractivity contribution < 1.29 is 32.1 Å². The van der Waals surface area contributed by atoms with Crippen molar-refractivity contribution in [2.24, 2.45) is 5.11 Å². The number of para-hydroxylation sites is 1. The lowest BCUT2D eigenvalue weighted by molar-refractivity contribution is -0.187. The largest absolute Gasteiger partial charge is 0.380 e. The number of ether oxygens (including phenoxy) is 5. The number of hydrogen-bond acceptors (Lipinski definition) is 9. The number of fused-ring (bicyclic) bond motifs is 2. The van der Waals surface area contributed by atoms with Crippen LogP contribution >= 0.6 is 0 Å². The molecule has 0 bridgehead atoms. The highest BCUT2D eigenvalue weighted by molar-refractivity contribution is 7.90. The first-order valence-corrected chi connectivity index (χ1v) is 16.9. The van der Waals surface area contributed by atoms with Crippen molar-refractivity contribution in [1.29, 1.82) is 0 Å². The van der Waals surface area contributed by atoms with Gasteiger partial charge < -0.3 is 23.7 Å². The lowest BCUT2D eigenvalue weighted by atomic mass is 9.93. The number of azide groups is 1. The summed E-state index contributed by atoms with van der Waals surface area (Å²) in [6, 6.07) is 15.9. The Morgan fingerprint density at radius 1 is 1.07 bits per heavy atom. The second kappa shape index (κ2) is 15.1. The van der Waals surface area contributed by atoms with Gasteiger partial charge in [0.15, 0.2) is 5.79 Å². The summed E-state index contributed by atoms with van der Waals surface area (Å²) < 4.78 is 59.1. The van der Waals surface area contributed by atoms with Crippen LogP contribution in [-0.2, 0) is 40.1 Å². The third-order valence-corrected chi connectivity index (χ3v) is 10.0. The Morgan fingerprint density at radius 2 is 1.84 bits per heavy atom. The fraction of sp³-hybridized carbons (Fsp3) is 0.562. The van der Waals surface area contributed by atoms with Gasteiger partial charge in [0, 0.05) is 49.8 Å². The summed E-state index contributed by atoms with van der Waals surface area (Å²) in [7, 11) is -2.19. The average Bonchev–Trinajstić information content (AvgIpc) is 3.57. The van der Waals surface area contributed by atoms with Crippen molar-refractivity contribution in [3.63, 3.8) is 0 Å². The minimum atomic E-state index is -3.78. The van der Waals surface area contributed by atoms with Gasteiger partial charge in [-0.1, -0.05) is 47.9 Å². The molecule has 5 rings (SSSR count). The standard InChI is InChI=1S/C32H43N5O7S/c1-32(2)43-29-21-36(28(30(31(29)44-32)42-23-40-3)22-41-19-11-5-10-17-34-35-33)18-16-24-20-37(27-15-9-8-14-26(24)27)45(38,39)25-12-6-4-7-13-25/h4,6-9,12-15,20,28-31H,5,10-11,16-19,21-23H2,1-3H3/t28-,29-,30-,31-/m1/s1. The van der Waals surface area contributed by atoms with Gasteiger partial charge >= 0.3 is 0 Å². The normalized spacial score (nSPS) is 23.2. The quantitative estimate of drug-likeness (QED) is 0.0692. The molecule has 3 aromatic rings. The molecular formula is C32H43N5O7S. The van der Waals surface area contributed by atoms with Crippen molar-refractivity contribution in [2.45, 2.75) is 74.6 Å². The van der Waals surface area contributed by atoms with Gasteiger partial charge in [-0.2, -0.15) is 0 Å².